The second-order valence-electron chi connectivity index (χ2n) is 4.90. The van der Waals surface area contributed by atoms with Crippen molar-refractivity contribution in [2.24, 2.45) is 0 Å². The number of nitrogens with zero attached hydrogens (tertiary/aromatic N) is 1. The standard InChI is InChI=1S/C13H16N2O/c1-9-5-10(8-14)7-11(6-9)12(16)15-13(2,3)4/h5-7H,1-4H3,(H,15,16). The van der Waals surface area contributed by atoms with Crippen LogP contribution in [0.4, 0.5) is 0 Å². The Morgan fingerprint density at radius 1 is 1.31 bits per heavy atom. The maximum absolute atomic E-state index is 11.9. The van der Waals surface area contributed by atoms with Crippen LogP contribution in [0.25, 0.3) is 0 Å². The number of nitrogens with one attached hydrogen (secondary N) is 1. The highest BCUT2D eigenvalue weighted by atomic mass is 16.1. The van der Waals surface area contributed by atoms with E-state index in [-0.39, 0.29) is 11.4 Å². The topological polar surface area (TPSA) is 52.9 Å². The van der Waals surface area contributed by atoms with Gasteiger partial charge in [0.05, 0.1) is 11.6 Å². The molecule has 0 heterocycles. The van der Waals surface area contributed by atoms with Gasteiger partial charge in [-0.05, 0) is 51.5 Å². The minimum atomic E-state index is -0.270. The zero-order chi connectivity index (χ0) is 12.3. The molecule has 0 fully saturated rings. The SMILES string of the molecule is Cc1cc(C#N)cc(C(=O)NC(C)(C)C)c1. The highest BCUT2D eigenvalue weighted by Gasteiger charge is 2.15. The lowest BCUT2D eigenvalue weighted by Crippen LogP contribution is -2.40. The average molecular weight is 216 g/mol. The molecule has 0 saturated heterocycles. The summed E-state index contributed by atoms with van der Waals surface area (Å²) in [6.07, 6.45) is 0. The number of hydrogen-bond donors (Lipinski definition) is 1. The lowest BCUT2D eigenvalue weighted by atomic mass is 10.0. The Kier molecular flexibility index (Phi) is 3.34. The van der Waals surface area contributed by atoms with Gasteiger partial charge in [-0.15, -0.1) is 0 Å². The van der Waals surface area contributed by atoms with Crippen LogP contribution in [0.15, 0.2) is 18.2 Å². The van der Waals surface area contributed by atoms with Crippen molar-refractivity contribution in [2.45, 2.75) is 33.2 Å². The quantitative estimate of drug-likeness (QED) is 0.783. The van der Waals surface area contributed by atoms with E-state index in [2.05, 4.69) is 5.32 Å². The van der Waals surface area contributed by atoms with Crippen LogP contribution in [-0.2, 0) is 0 Å². The molecule has 1 rings (SSSR count). The summed E-state index contributed by atoms with van der Waals surface area (Å²) < 4.78 is 0. The molecule has 0 radical (unpaired) electrons. The maximum Gasteiger partial charge on any atom is 0.251 e. The van der Waals surface area contributed by atoms with Crippen molar-refractivity contribution in [3.05, 3.63) is 34.9 Å². The molecule has 0 aliphatic heterocycles. The van der Waals surface area contributed by atoms with Crippen LogP contribution in [0.5, 0.6) is 0 Å². The fourth-order valence-electron chi connectivity index (χ4n) is 1.39. The van der Waals surface area contributed by atoms with Gasteiger partial charge in [0.2, 0.25) is 0 Å². The van der Waals surface area contributed by atoms with Crippen molar-refractivity contribution in [2.75, 3.05) is 0 Å². The smallest absolute Gasteiger partial charge is 0.251 e. The van der Waals surface area contributed by atoms with Gasteiger partial charge < -0.3 is 5.32 Å². The number of nitriles is 1. The largest absolute Gasteiger partial charge is 0.347 e. The number of carbonyl (C=O) groups excluding carboxylic acids is 1. The summed E-state index contributed by atoms with van der Waals surface area (Å²) in [5.41, 5.74) is 1.69. The lowest BCUT2D eigenvalue weighted by molar-refractivity contribution is 0.0919. The average Bonchev–Trinajstić information content (AvgIpc) is 2.14. The molecule has 1 amide bonds. The summed E-state index contributed by atoms with van der Waals surface area (Å²) in [6.45, 7) is 7.64. The molecule has 3 nitrogen and oxygen atoms in total. The summed E-state index contributed by atoms with van der Waals surface area (Å²) in [6, 6.07) is 7.19. The molecule has 0 aromatic heterocycles. The molecule has 0 aliphatic carbocycles. The predicted octanol–water partition coefficient (Wildman–Crippen LogP) is 2.40. The van der Waals surface area contributed by atoms with Crippen LogP contribution < -0.4 is 5.32 Å². The van der Waals surface area contributed by atoms with Gasteiger partial charge in [0.1, 0.15) is 0 Å². The van der Waals surface area contributed by atoms with E-state index in [1.807, 2.05) is 33.8 Å². The van der Waals surface area contributed by atoms with E-state index in [9.17, 15) is 4.79 Å². The van der Waals surface area contributed by atoms with Crippen molar-refractivity contribution < 1.29 is 4.79 Å². The first-order valence-corrected chi connectivity index (χ1v) is 5.16. The summed E-state index contributed by atoms with van der Waals surface area (Å²) >= 11 is 0. The Labute approximate surface area is 96.1 Å². The second kappa shape index (κ2) is 4.36. The Bertz CT molecular complexity index is 450. The number of rotatable bonds is 1. The summed E-state index contributed by atoms with van der Waals surface area (Å²) in [5.74, 6) is -0.146. The number of benzene rings is 1. The molecule has 16 heavy (non-hydrogen) atoms. The monoisotopic (exact) mass is 216 g/mol. The first kappa shape index (κ1) is 12.3. The van der Waals surface area contributed by atoms with Gasteiger partial charge in [0, 0.05) is 11.1 Å². The van der Waals surface area contributed by atoms with Gasteiger partial charge in [-0.1, -0.05) is 0 Å². The van der Waals surface area contributed by atoms with Crippen molar-refractivity contribution in [3.63, 3.8) is 0 Å². The first-order chi connectivity index (χ1) is 7.31. The summed E-state index contributed by atoms with van der Waals surface area (Å²) in [7, 11) is 0. The molecule has 0 aliphatic rings. The van der Waals surface area contributed by atoms with Crippen molar-refractivity contribution >= 4 is 5.91 Å². The van der Waals surface area contributed by atoms with Gasteiger partial charge in [-0.25, -0.2) is 0 Å². The van der Waals surface area contributed by atoms with Crippen LogP contribution >= 0.6 is 0 Å². The lowest BCUT2D eigenvalue weighted by Gasteiger charge is -2.20. The molecule has 0 saturated carbocycles. The van der Waals surface area contributed by atoms with Gasteiger partial charge in [-0.2, -0.15) is 5.26 Å². The van der Waals surface area contributed by atoms with E-state index in [0.29, 0.717) is 11.1 Å². The van der Waals surface area contributed by atoms with Crippen LogP contribution in [0.2, 0.25) is 0 Å². The molecule has 1 N–H and O–H groups in total. The third kappa shape index (κ3) is 3.39. The van der Waals surface area contributed by atoms with Gasteiger partial charge in [-0.3, -0.25) is 4.79 Å². The molecule has 0 atom stereocenters. The molecular formula is C13H16N2O. The fraction of sp³-hybridized carbons (Fsp3) is 0.385. The minimum Gasteiger partial charge on any atom is -0.347 e. The van der Waals surface area contributed by atoms with Crippen molar-refractivity contribution in [1.29, 1.82) is 5.26 Å². The number of amides is 1. The normalized spacial score (nSPS) is 10.7. The summed E-state index contributed by atoms with van der Waals surface area (Å²) in [5, 5.41) is 11.7. The Hall–Kier alpha value is -1.82. The highest BCUT2D eigenvalue weighted by Crippen LogP contribution is 2.10. The Balaban J connectivity index is 3.01. The molecule has 1 aromatic rings. The van der Waals surface area contributed by atoms with Crippen molar-refractivity contribution in [3.8, 4) is 6.07 Å². The van der Waals surface area contributed by atoms with E-state index in [0.717, 1.165) is 5.56 Å². The van der Waals surface area contributed by atoms with Crippen LogP contribution in [0, 0.1) is 18.3 Å². The number of aryl methyl sites for hydroxylation is 1. The maximum atomic E-state index is 11.9. The van der Waals surface area contributed by atoms with Crippen LogP contribution in [-0.4, -0.2) is 11.4 Å². The highest BCUT2D eigenvalue weighted by molar-refractivity contribution is 5.95. The van der Waals surface area contributed by atoms with Gasteiger partial charge in [0.15, 0.2) is 0 Å². The van der Waals surface area contributed by atoms with Gasteiger partial charge >= 0.3 is 0 Å². The molecule has 84 valence electrons. The molecule has 0 bridgehead atoms. The van der Waals surface area contributed by atoms with E-state index in [4.69, 9.17) is 5.26 Å². The van der Waals surface area contributed by atoms with E-state index < -0.39 is 0 Å². The predicted molar refractivity (Wildman–Crippen MR) is 63.1 cm³/mol. The zero-order valence-corrected chi connectivity index (χ0v) is 10.1. The number of carbonyl (C=O) groups is 1. The van der Waals surface area contributed by atoms with Crippen molar-refractivity contribution in [1.82, 2.24) is 5.32 Å². The Morgan fingerprint density at radius 3 is 2.44 bits per heavy atom. The van der Waals surface area contributed by atoms with Gasteiger partial charge in [0.25, 0.3) is 5.91 Å². The fourth-order valence-corrected chi connectivity index (χ4v) is 1.39. The third-order valence-electron chi connectivity index (χ3n) is 1.96. The molecular weight excluding hydrogens is 200 g/mol. The minimum absolute atomic E-state index is 0.146. The van der Waals surface area contributed by atoms with E-state index in [1.54, 1.807) is 18.2 Å². The first-order valence-electron chi connectivity index (χ1n) is 5.16. The Morgan fingerprint density at radius 2 is 1.94 bits per heavy atom. The summed E-state index contributed by atoms with van der Waals surface area (Å²) in [4.78, 5) is 11.9. The van der Waals surface area contributed by atoms with E-state index >= 15 is 0 Å². The number of hydrogen-bond acceptors (Lipinski definition) is 2. The second-order valence-corrected chi connectivity index (χ2v) is 4.90. The third-order valence-corrected chi connectivity index (χ3v) is 1.96. The molecule has 0 spiro atoms. The molecule has 3 heteroatoms. The van der Waals surface area contributed by atoms with Crippen LogP contribution in [0.3, 0.4) is 0 Å². The zero-order valence-electron chi connectivity index (χ0n) is 10.1. The molecule has 1 aromatic carbocycles. The van der Waals surface area contributed by atoms with E-state index in [1.165, 1.54) is 0 Å². The van der Waals surface area contributed by atoms with Crippen LogP contribution in [0.1, 0.15) is 42.3 Å². The molecule has 0 unspecified atom stereocenters.